The summed E-state index contributed by atoms with van der Waals surface area (Å²) in [6, 6.07) is 9.70. The van der Waals surface area contributed by atoms with Gasteiger partial charge in [-0.1, -0.05) is 6.07 Å². The van der Waals surface area contributed by atoms with Crippen LogP contribution in [0.5, 0.6) is 0 Å². The van der Waals surface area contributed by atoms with Gasteiger partial charge in [0, 0.05) is 50.3 Å². The summed E-state index contributed by atoms with van der Waals surface area (Å²) in [5.41, 5.74) is -0.649. The Bertz CT molecular complexity index is 1120. The van der Waals surface area contributed by atoms with Crippen molar-refractivity contribution in [3.63, 3.8) is 0 Å². The third-order valence-corrected chi connectivity index (χ3v) is 5.05. The van der Waals surface area contributed by atoms with Crippen molar-refractivity contribution in [3.05, 3.63) is 70.8 Å². The van der Waals surface area contributed by atoms with Gasteiger partial charge < -0.3 is 9.80 Å². The lowest BCUT2D eigenvalue weighted by Gasteiger charge is -2.36. The number of hydrogen-bond donors (Lipinski definition) is 0. The number of anilines is 1. The fourth-order valence-electron chi connectivity index (χ4n) is 3.40. The van der Waals surface area contributed by atoms with E-state index in [0.717, 1.165) is 16.8 Å². The summed E-state index contributed by atoms with van der Waals surface area (Å²) in [7, 11) is 0. The number of aromatic nitrogens is 4. The van der Waals surface area contributed by atoms with Crippen LogP contribution in [0.2, 0.25) is 0 Å². The van der Waals surface area contributed by atoms with E-state index in [4.69, 9.17) is 0 Å². The zero-order valence-electron chi connectivity index (χ0n) is 16.4. The maximum absolute atomic E-state index is 13.0. The molecule has 2 aromatic heterocycles. The standard InChI is InChI=1S/C20H19F3N6O2/c21-20(22,23)15-3-1-4-16(13-15)26-9-11-27(12-10-26)19(31)14-29-18(30)6-5-17(25-29)28-8-2-7-24-28/h1-8,13H,9-12,14H2. The van der Waals surface area contributed by atoms with Gasteiger partial charge in [-0.25, -0.2) is 9.36 Å². The van der Waals surface area contributed by atoms with E-state index in [1.54, 1.807) is 29.4 Å². The number of halogens is 3. The van der Waals surface area contributed by atoms with Gasteiger partial charge in [0.25, 0.3) is 5.56 Å². The van der Waals surface area contributed by atoms with Crippen molar-refractivity contribution in [1.29, 1.82) is 0 Å². The third-order valence-electron chi connectivity index (χ3n) is 5.05. The fourth-order valence-corrected chi connectivity index (χ4v) is 3.40. The van der Waals surface area contributed by atoms with Gasteiger partial charge in [0.15, 0.2) is 5.82 Å². The topological polar surface area (TPSA) is 76.3 Å². The number of nitrogens with zero attached hydrogens (tertiary/aromatic N) is 6. The quantitative estimate of drug-likeness (QED) is 0.629. The molecule has 3 heterocycles. The van der Waals surface area contributed by atoms with E-state index >= 15 is 0 Å². The Morgan fingerprint density at radius 1 is 1.03 bits per heavy atom. The van der Waals surface area contributed by atoms with E-state index in [0.29, 0.717) is 37.7 Å². The Balaban J connectivity index is 1.40. The smallest absolute Gasteiger partial charge is 0.368 e. The minimum atomic E-state index is -4.40. The molecule has 0 atom stereocenters. The first-order valence-corrected chi connectivity index (χ1v) is 9.59. The average Bonchev–Trinajstić information content (AvgIpc) is 3.30. The number of carbonyl (C=O) groups is 1. The molecule has 1 amide bonds. The summed E-state index contributed by atoms with van der Waals surface area (Å²) in [6.45, 7) is 1.23. The SMILES string of the molecule is O=C(Cn1nc(-n2cccn2)ccc1=O)N1CCN(c2cccc(C(F)(F)F)c2)CC1. The van der Waals surface area contributed by atoms with Crippen molar-refractivity contribution in [2.45, 2.75) is 12.7 Å². The van der Waals surface area contributed by atoms with E-state index in [1.165, 1.54) is 22.9 Å². The molecule has 0 radical (unpaired) electrons. The van der Waals surface area contributed by atoms with E-state index in [-0.39, 0.29) is 12.5 Å². The Labute approximate surface area is 175 Å². The number of benzene rings is 1. The molecule has 1 aliphatic heterocycles. The largest absolute Gasteiger partial charge is 0.416 e. The van der Waals surface area contributed by atoms with Crippen LogP contribution in [0.1, 0.15) is 5.56 Å². The predicted octanol–water partition coefficient (Wildman–Crippen LogP) is 1.80. The first kappa shape index (κ1) is 20.6. The van der Waals surface area contributed by atoms with Crippen molar-refractivity contribution in [2.24, 2.45) is 0 Å². The first-order chi connectivity index (χ1) is 14.8. The first-order valence-electron chi connectivity index (χ1n) is 9.59. The van der Waals surface area contributed by atoms with E-state index in [2.05, 4.69) is 10.2 Å². The lowest BCUT2D eigenvalue weighted by Crippen LogP contribution is -2.50. The molecular weight excluding hydrogens is 413 g/mol. The number of hydrogen-bond acceptors (Lipinski definition) is 5. The van der Waals surface area contributed by atoms with Crippen molar-refractivity contribution in [2.75, 3.05) is 31.1 Å². The van der Waals surface area contributed by atoms with Gasteiger partial charge in [-0.15, -0.1) is 5.10 Å². The van der Waals surface area contributed by atoms with Crippen LogP contribution in [0.4, 0.5) is 18.9 Å². The van der Waals surface area contributed by atoms with Crippen LogP contribution in [0.15, 0.2) is 59.7 Å². The summed E-state index contributed by atoms with van der Waals surface area (Å²) in [5, 5.41) is 8.24. The molecule has 1 saturated heterocycles. The molecule has 1 aliphatic rings. The van der Waals surface area contributed by atoms with Crippen molar-refractivity contribution in [1.82, 2.24) is 24.5 Å². The minimum absolute atomic E-state index is 0.225. The average molecular weight is 432 g/mol. The molecule has 0 N–H and O–H groups in total. The summed E-state index contributed by atoms with van der Waals surface area (Å²) < 4.78 is 41.4. The number of alkyl halides is 3. The van der Waals surface area contributed by atoms with Crippen LogP contribution < -0.4 is 10.5 Å². The maximum atomic E-state index is 13.0. The molecule has 0 bridgehead atoms. The lowest BCUT2D eigenvalue weighted by atomic mass is 10.1. The zero-order chi connectivity index (χ0) is 22.0. The molecule has 0 spiro atoms. The molecule has 4 rings (SSSR count). The van der Waals surface area contributed by atoms with Gasteiger partial charge >= 0.3 is 6.18 Å². The Morgan fingerprint density at radius 2 is 1.81 bits per heavy atom. The van der Waals surface area contributed by atoms with Crippen molar-refractivity contribution < 1.29 is 18.0 Å². The van der Waals surface area contributed by atoms with Crippen LogP contribution in [0.25, 0.3) is 5.82 Å². The monoisotopic (exact) mass is 432 g/mol. The Kier molecular flexibility index (Phi) is 5.49. The van der Waals surface area contributed by atoms with Crippen LogP contribution in [0, 0.1) is 0 Å². The van der Waals surface area contributed by atoms with Crippen LogP contribution in [-0.4, -0.2) is 56.5 Å². The maximum Gasteiger partial charge on any atom is 0.416 e. The molecule has 0 aliphatic carbocycles. The Hall–Kier alpha value is -3.63. The van der Waals surface area contributed by atoms with Gasteiger partial charge in [-0.3, -0.25) is 9.59 Å². The minimum Gasteiger partial charge on any atom is -0.368 e. The number of piperazine rings is 1. The number of amides is 1. The van der Waals surface area contributed by atoms with Crippen molar-refractivity contribution in [3.8, 4) is 5.82 Å². The summed E-state index contributed by atoms with van der Waals surface area (Å²) in [4.78, 5) is 28.2. The van der Waals surface area contributed by atoms with E-state index in [9.17, 15) is 22.8 Å². The number of rotatable bonds is 4. The second-order valence-electron chi connectivity index (χ2n) is 7.05. The molecule has 31 heavy (non-hydrogen) atoms. The highest BCUT2D eigenvalue weighted by molar-refractivity contribution is 5.76. The molecule has 1 fully saturated rings. The molecular formula is C20H19F3N6O2. The summed E-state index contributed by atoms with van der Waals surface area (Å²) in [5.74, 6) is 0.127. The van der Waals surface area contributed by atoms with Crippen LogP contribution in [0.3, 0.4) is 0 Å². The normalized spacial score (nSPS) is 14.7. The van der Waals surface area contributed by atoms with Gasteiger partial charge in [0.2, 0.25) is 5.91 Å². The summed E-state index contributed by atoms with van der Waals surface area (Å²) in [6.07, 6.45) is -1.16. The second-order valence-corrected chi connectivity index (χ2v) is 7.05. The van der Waals surface area contributed by atoms with Crippen LogP contribution in [-0.2, 0) is 17.5 Å². The molecule has 3 aromatic rings. The zero-order valence-corrected chi connectivity index (χ0v) is 16.4. The highest BCUT2D eigenvalue weighted by atomic mass is 19.4. The molecule has 0 unspecified atom stereocenters. The molecule has 1 aromatic carbocycles. The van der Waals surface area contributed by atoms with E-state index in [1.807, 2.05) is 4.90 Å². The molecule has 11 heteroatoms. The van der Waals surface area contributed by atoms with Gasteiger partial charge in [0.1, 0.15) is 6.54 Å². The van der Waals surface area contributed by atoms with E-state index < -0.39 is 17.3 Å². The van der Waals surface area contributed by atoms with Gasteiger partial charge in [-0.2, -0.15) is 18.3 Å². The summed E-state index contributed by atoms with van der Waals surface area (Å²) >= 11 is 0. The van der Waals surface area contributed by atoms with Gasteiger partial charge in [-0.05, 0) is 30.3 Å². The Morgan fingerprint density at radius 3 is 2.48 bits per heavy atom. The highest BCUT2D eigenvalue weighted by Crippen LogP contribution is 2.31. The molecule has 162 valence electrons. The fraction of sp³-hybridized carbons (Fsp3) is 0.300. The van der Waals surface area contributed by atoms with Crippen LogP contribution >= 0.6 is 0 Å². The molecule has 0 saturated carbocycles. The van der Waals surface area contributed by atoms with Crippen molar-refractivity contribution >= 4 is 11.6 Å². The lowest BCUT2D eigenvalue weighted by molar-refractivity contribution is -0.137. The second kappa shape index (κ2) is 8.25. The predicted molar refractivity (Wildman–Crippen MR) is 106 cm³/mol. The highest BCUT2D eigenvalue weighted by Gasteiger charge is 2.31. The molecule has 8 nitrogen and oxygen atoms in total. The van der Waals surface area contributed by atoms with Gasteiger partial charge in [0.05, 0.1) is 5.56 Å². The third kappa shape index (κ3) is 4.60. The number of carbonyl (C=O) groups excluding carboxylic acids is 1.